The minimum atomic E-state index is -0.306. The lowest BCUT2D eigenvalue weighted by Crippen LogP contribution is -2.29. The molecule has 0 bridgehead atoms. The maximum absolute atomic E-state index is 13.1. The molecule has 4 rings (SSSR count). The summed E-state index contributed by atoms with van der Waals surface area (Å²) in [5.41, 5.74) is 1.41. The third-order valence-corrected chi connectivity index (χ3v) is 6.22. The molecule has 1 amide bonds. The van der Waals surface area contributed by atoms with Crippen LogP contribution in [-0.2, 0) is 4.79 Å². The van der Waals surface area contributed by atoms with Crippen LogP contribution in [0.2, 0.25) is 5.02 Å². The van der Waals surface area contributed by atoms with E-state index in [-0.39, 0.29) is 23.2 Å². The van der Waals surface area contributed by atoms with Gasteiger partial charge in [0.15, 0.2) is 5.75 Å². The van der Waals surface area contributed by atoms with Gasteiger partial charge in [0.05, 0.1) is 30.1 Å². The van der Waals surface area contributed by atoms with Crippen molar-refractivity contribution in [3.05, 3.63) is 70.8 Å². The largest absolute Gasteiger partial charge is 0.489 e. The number of aryl methyl sites for hydroxylation is 2. The van der Waals surface area contributed by atoms with Crippen LogP contribution in [-0.4, -0.2) is 22.5 Å². The number of rotatable bonds is 6. The number of nitriles is 1. The molecule has 1 fully saturated rings. The quantitative estimate of drug-likeness (QED) is 0.707. The third-order valence-electron chi connectivity index (χ3n) is 6.00. The molecule has 2 aliphatic rings. The number of aromatic nitrogens is 2. The van der Waals surface area contributed by atoms with Crippen molar-refractivity contribution in [1.29, 1.82) is 5.26 Å². The second kappa shape index (κ2) is 8.52. The molecule has 1 aromatic carbocycles. The monoisotopic (exact) mass is 434 g/mol. The second-order valence-electron chi connectivity index (χ2n) is 8.13. The molecule has 6 nitrogen and oxygen atoms in total. The van der Waals surface area contributed by atoms with Gasteiger partial charge < -0.3 is 10.1 Å². The number of allylic oxidation sites excluding steroid dienone is 4. The Bertz CT molecular complexity index is 1120. The number of halogens is 1. The number of ether oxygens (including phenoxy) is 1. The van der Waals surface area contributed by atoms with Gasteiger partial charge in [-0.25, -0.2) is 9.97 Å². The van der Waals surface area contributed by atoms with E-state index in [1.807, 2.05) is 26.0 Å². The Labute approximate surface area is 186 Å². The van der Waals surface area contributed by atoms with Gasteiger partial charge in [0.2, 0.25) is 5.91 Å². The predicted molar refractivity (Wildman–Crippen MR) is 119 cm³/mol. The highest BCUT2D eigenvalue weighted by molar-refractivity contribution is 6.31. The van der Waals surface area contributed by atoms with Gasteiger partial charge in [0.1, 0.15) is 5.82 Å². The van der Waals surface area contributed by atoms with Crippen LogP contribution in [0.25, 0.3) is 0 Å². The first-order chi connectivity index (χ1) is 14.9. The van der Waals surface area contributed by atoms with Crippen LogP contribution in [0.1, 0.15) is 29.9 Å². The van der Waals surface area contributed by atoms with Crippen LogP contribution in [0.5, 0.6) is 5.75 Å². The van der Waals surface area contributed by atoms with E-state index in [2.05, 4.69) is 33.5 Å². The summed E-state index contributed by atoms with van der Waals surface area (Å²) < 4.78 is 6.13. The molecule has 1 saturated carbocycles. The normalized spacial score (nSPS) is 23.8. The van der Waals surface area contributed by atoms with Crippen molar-refractivity contribution in [2.24, 2.45) is 17.3 Å². The number of carbonyl (C=O) groups is 1. The van der Waals surface area contributed by atoms with Crippen molar-refractivity contribution in [3.8, 4) is 11.8 Å². The smallest absolute Gasteiger partial charge is 0.228 e. The van der Waals surface area contributed by atoms with Gasteiger partial charge in [-0.05, 0) is 50.8 Å². The van der Waals surface area contributed by atoms with Crippen molar-refractivity contribution in [3.63, 3.8) is 0 Å². The fraction of sp³-hybridized carbons (Fsp3) is 0.333. The highest BCUT2D eigenvalue weighted by Crippen LogP contribution is 2.60. The number of hydrogen-bond donors (Lipinski definition) is 1. The summed E-state index contributed by atoms with van der Waals surface area (Å²) in [5.74, 6) is 1.25. The summed E-state index contributed by atoms with van der Waals surface area (Å²) >= 11 is 6.08. The lowest BCUT2D eigenvalue weighted by atomic mass is 9.82. The SMILES string of the molecule is Cc1ncc(OC[C@@]2(C3C=CC=CC3)C[C@H]2C(=O)Nc2cc(Cl)cc(C#N)c2)c(C)n1. The molecule has 1 unspecified atom stereocenters. The third kappa shape index (κ3) is 4.47. The van der Waals surface area contributed by atoms with E-state index in [0.29, 0.717) is 34.5 Å². The van der Waals surface area contributed by atoms with Gasteiger partial charge in [0, 0.05) is 22.0 Å². The summed E-state index contributed by atoms with van der Waals surface area (Å²) in [4.78, 5) is 21.7. The average molecular weight is 435 g/mol. The maximum atomic E-state index is 13.1. The zero-order valence-electron chi connectivity index (χ0n) is 17.4. The van der Waals surface area contributed by atoms with Crippen LogP contribution < -0.4 is 10.1 Å². The van der Waals surface area contributed by atoms with E-state index in [9.17, 15) is 4.79 Å². The Balaban J connectivity index is 1.52. The van der Waals surface area contributed by atoms with Crippen LogP contribution >= 0.6 is 11.6 Å². The Morgan fingerprint density at radius 1 is 1.35 bits per heavy atom. The molecular weight excluding hydrogens is 412 g/mol. The average Bonchev–Trinajstić information content (AvgIpc) is 3.49. The lowest BCUT2D eigenvalue weighted by Gasteiger charge is -2.26. The van der Waals surface area contributed by atoms with Crippen LogP contribution in [0.3, 0.4) is 0 Å². The predicted octanol–water partition coefficient (Wildman–Crippen LogP) is 4.77. The van der Waals surface area contributed by atoms with Crippen molar-refractivity contribution in [1.82, 2.24) is 9.97 Å². The lowest BCUT2D eigenvalue weighted by molar-refractivity contribution is -0.118. The summed E-state index contributed by atoms with van der Waals surface area (Å²) in [7, 11) is 0. The minimum absolute atomic E-state index is 0.0883. The van der Waals surface area contributed by atoms with Gasteiger partial charge in [-0.2, -0.15) is 5.26 Å². The zero-order valence-corrected chi connectivity index (χ0v) is 18.2. The Kier molecular flexibility index (Phi) is 5.79. The first-order valence-electron chi connectivity index (χ1n) is 10.2. The molecule has 3 atom stereocenters. The Morgan fingerprint density at radius 2 is 2.19 bits per heavy atom. The summed E-state index contributed by atoms with van der Waals surface area (Å²) in [6.07, 6.45) is 11.6. The molecule has 158 valence electrons. The summed E-state index contributed by atoms with van der Waals surface area (Å²) in [6.45, 7) is 4.13. The molecule has 0 spiro atoms. The molecule has 1 aromatic heterocycles. The van der Waals surface area contributed by atoms with Crippen molar-refractivity contribution >= 4 is 23.2 Å². The van der Waals surface area contributed by atoms with Crippen LogP contribution in [0.4, 0.5) is 5.69 Å². The molecule has 1 N–H and O–H groups in total. The van der Waals surface area contributed by atoms with Gasteiger partial charge in [0.25, 0.3) is 0 Å². The fourth-order valence-electron chi connectivity index (χ4n) is 4.24. The van der Waals surface area contributed by atoms with Crippen LogP contribution in [0.15, 0.2) is 48.7 Å². The van der Waals surface area contributed by atoms with Gasteiger partial charge in [-0.3, -0.25) is 4.79 Å². The summed E-state index contributed by atoms with van der Waals surface area (Å²) in [6, 6.07) is 6.90. The molecule has 2 aliphatic carbocycles. The molecular formula is C24H23ClN4O2. The number of benzene rings is 1. The van der Waals surface area contributed by atoms with E-state index >= 15 is 0 Å². The molecule has 31 heavy (non-hydrogen) atoms. The molecule has 0 saturated heterocycles. The highest BCUT2D eigenvalue weighted by atomic mass is 35.5. The van der Waals surface area contributed by atoms with E-state index in [0.717, 1.165) is 18.5 Å². The van der Waals surface area contributed by atoms with Crippen molar-refractivity contribution in [2.45, 2.75) is 26.7 Å². The van der Waals surface area contributed by atoms with E-state index in [1.165, 1.54) is 0 Å². The fourth-order valence-corrected chi connectivity index (χ4v) is 4.47. The van der Waals surface area contributed by atoms with E-state index < -0.39 is 0 Å². The standard InChI is InChI=1S/C24H23ClN4O2/c1-15-22(13-27-16(2)28-15)31-14-24(18-6-4-3-5-7-18)11-21(24)23(30)29-20-9-17(12-26)8-19(25)10-20/h3-6,8-10,13,18,21H,7,11,14H2,1-2H3,(H,29,30)/t18?,21-,24+/m0/s1. The molecule has 1 heterocycles. The molecule has 0 aliphatic heterocycles. The number of nitrogens with one attached hydrogen (secondary N) is 1. The minimum Gasteiger partial charge on any atom is -0.489 e. The van der Waals surface area contributed by atoms with Gasteiger partial charge in [-0.1, -0.05) is 35.9 Å². The first-order valence-corrected chi connectivity index (χ1v) is 10.6. The van der Waals surface area contributed by atoms with Gasteiger partial charge >= 0.3 is 0 Å². The Hall–Kier alpha value is -3.17. The molecule has 2 aromatic rings. The zero-order chi connectivity index (χ0) is 22.0. The summed E-state index contributed by atoms with van der Waals surface area (Å²) in [5, 5.41) is 12.5. The molecule has 0 radical (unpaired) electrons. The highest BCUT2D eigenvalue weighted by Gasteiger charge is 2.62. The van der Waals surface area contributed by atoms with Crippen molar-refractivity contribution < 1.29 is 9.53 Å². The van der Waals surface area contributed by atoms with Gasteiger partial charge in [-0.15, -0.1) is 0 Å². The number of hydrogen-bond acceptors (Lipinski definition) is 5. The number of nitrogens with zero attached hydrogens (tertiary/aromatic N) is 3. The van der Waals surface area contributed by atoms with E-state index in [4.69, 9.17) is 21.6 Å². The Morgan fingerprint density at radius 3 is 2.90 bits per heavy atom. The van der Waals surface area contributed by atoms with E-state index in [1.54, 1.807) is 24.4 Å². The second-order valence-corrected chi connectivity index (χ2v) is 8.57. The maximum Gasteiger partial charge on any atom is 0.228 e. The molecule has 7 heteroatoms. The topological polar surface area (TPSA) is 87.9 Å². The first kappa shape index (κ1) is 21.1. The number of carbonyl (C=O) groups excluding carboxylic acids is 1. The van der Waals surface area contributed by atoms with Crippen LogP contribution in [0, 0.1) is 42.4 Å². The van der Waals surface area contributed by atoms with Crippen molar-refractivity contribution in [2.75, 3.05) is 11.9 Å². The number of anilines is 1. The number of amides is 1.